The highest BCUT2D eigenvalue weighted by molar-refractivity contribution is 7.89. The molecule has 0 saturated carbocycles. The molecule has 1 aliphatic rings. The van der Waals surface area contributed by atoms with Crippen molar-refractivity contribution in [3.8, 4) is 5.75 Å². The fourth-order valence-electron chi connectivity index (χ4n) is 4.33. The van der Waals surface area contributed by atoms with Crippen molar-refractivity contribution < 1.29 is 13.2 Å². The molecule has 0 radical (unpaired) electrons. The van der Waals surface area contributed by atoms with Gasteiger partial charge in [0.05, 0.1) is 12.6 Å². The number of fused-ring (bicyclic) bond motifs is 1. The summed E-state index contributed by atoms with van der Waals surface area (Å²) in [4.78, 5) is 4.80. The molecule has 2 aromatic heterocycles. The van der Waals surface area contributed by atoms with Crippen molar-refractivity contribution in [1.82, 2.24) is 19.5 Å². The van der Waals surface area contributed by atoms with Gasteiger partial charge < -0.3 is 4.74 Å². The van der Waals surface area contributed by atoms with E-state index in [1.807, 2.05) is 49.4 Å². The zero-order valence-corrected chi connectivity index (χ0v) is 20.8. The molecule has 5 rings (SSSR count). The lowest BCUT2D eigenvalue weighted by Gasteiger charge is -2.30. The Bertz CT molecular complexity index is 1410. The summed E-state index contributed by atoms with van der Waals surface area (Å²) in [6.07, 6.45) is 2.18. The summed E-state index contributed by atoms with van der Waals surface area (Å²) in [6, 6.07) is 17.1. The molecule has 0 atom stereocenters. The number of sulfonamides is 1. The maximum absolute atomic E-state index is 13.5. The molecule has 0 N–H and O–H groups in total. The first-order valence-corrected chi connectivity index (χ1v) is 13.5. The molecule has 2 aromatic carbocycles. The van der Waals surface area contributed by atoms with Gasteiger partial charge in [0.1, 0.15) is 20.7 Å². The Labute approximate surface area is 203 Å². The molecule has 9 heteroatoms. The number of pyridine rings is 1. The van der Waals surface area contributed by atoms with Crippen LogP contribution in [0, 0.1) is 6.92 Å². The minimum Gasteiger partial charge on any atom is -0.497 e. The summed E-state index contributed by atoms with van der Waals surface area (Å²) in [5.74, 6) is 1.05. The van der Waals surface area contributed by atoms with Gasteiger partial charge in [-0.15, -0.1) is 21.5 Å². The molecule has 1 aliphatic heterocycles. The Hall–Kier alpha value is -2.88. The largest absolute Gasteiger partial charge is 0.497 e. The SMILES string of the molecule is COc1ccc(Cc2nnc(C3CCN(S(=O)(=O)c4cccc5ccc(C)nc45)CC3)s2)cc1. The number of nitrogens with zero attached hydrogens (tertiary/aromatic N) is 4. The standard InChI is InChI=1S/C25H26N4O3S2/c1-17-6-9-19-4-3-5-22(24(19)26-17)34(30,31)29-14-12-20(13-15-29)25-28-27-23(33-25)16-18-7-10-21(32-2)11-8-18/h3-11,20H,12-16H2,1-2H3. The van der Waals surface area contributed by atoms with Crippen LogP contribution in [0.25, 0.3) is 10.9 Å². The smallest absolute Gasteiger partial charge is 0.245 e. The number of rotatable bonds is 6. The first kappa shape index (κ1) is 22.9. The third kappa shape index (κ3) is 4.55. The number of piperidine rings is 1. The first-order chi connectivity index (χ1) is 16.4. The molecule has 0 unspecified atom stereocenters. The van der Waals surface area contributed by atoms with Crippen LogP contribution < -0.4 is 4.74 Å². The molecule has 7 nitrogen and oxygen atoms in total. The second-order valence-corrected chi connectivity index (χ2v) is 11.5. The zero-order valence-electron chi connectivity index (χ0n) is 19.1. The summed E-state index contributed by atoms with van der Waals surface area (Å²) >= 11 is 1.62. The summed E-state index contributed by atoms with van der Waals surface area (Å²) < 4.78 is 33.7. The van der Waals surface area contributed by atoms with E-state index in [2.05, 4.69) is 15.2 Å². The molecule has 0 aliphatic carbocycles. The summed E-state index contributed by atoms with van der Waals surface area (Å²) in [6.45, 7) is 2.80. The van der Waals surface area contributed by atoms with E-state index in [4.69, 9.17) is 4.74 Å². The number of ether oxygens (including phenoxy) is 1. The molecule has 176 valence electrons. The van der Waals surface area contributed by atoms with Gasteiger partial charge in [-0.05, 0) is 49.6 Å². The monoisotopic (exact) mass is 494 g/mol. The van der Waals surface area contributed by atoms with Crippen LogP contribution in [0.5, 0.6) is 5.75 Å². The van der Waals surface area contributed by atoms with Crippen LogP contribution in [0.1, 0.15) is 40.0 Å². The molecule has 0 spiro atoms. The topological polar surface area (TPSA) is 85.3 Å². The summed E-state index contributed by atoms with van der Waals surface area (Å²) in [5.41, 5.74) is 2.50. The van der Waals surface area contributed by atoms with Crippen LogP contribution in [-0.4, -0.2) is 48.1 Å². The Kier molecular flexibility index (Phi) is 6.33. The van der Waals surface area contributed by atoms with Crippen LogP contribution in [-0.2, 0) is 16.4 Å². The minimum atomic E-state index is -3.62. The van der Waals surface area contributed by atoms with Crippen LogP contribution in [0.2, 0.25) is 0 Å². The van der Waals surface area contributed by atoms with Crippen molar-refractivity contribution in [2.75, 3.05) is 20.2 Å². The molecule has 1 saturated heterocycles. The van der Waals surface area contributed by atoms with Gasteiger partial charge in [0.2, 0.25) is 10.0 Å². The van der Waals surface area contributed by atoms with Crippen molar-refractivity contribution in [2.24, 2.45) is 0 Å². The lowest BCUT2D eigenvalue weighted by Crippen LogP contribution is -2.38. The lowest BCUT2D eigenvalue weighted by atomic mass is 9.99. The Balaban J connectivity index is 1.27. The maximum Gasteiger partial charge on any atom is 0.245 e. The van der Waals surface area contributed by atoms with Crippen LogP contribution >= 0.6 is 11.3 Å². The normalized spacial score (nSPS) is 15.6. The summed E-state index contributed by atoms with van der Waals surface area (Å²) in [5, 5.41) is 11.6. The van der Waals surface area contributed by atoms with Gasteiger partial charge in [0.15, 0.2) is 0 Å². The summed E-state index contributed by atoms with van der Waals surface area (Å²) in [7, 11) is -1.97. The van der Waals surface area contributed by atoms with E-state index >= 15 is 0 Å². The highest BCUT2D eigenvalue weighted by atomic mass is 32.2. The van der Waals surface area contributed by atoms with Gasteiger partial charge in [-0.25, -0.2) is 8.42 Å². The van der Waals surface area contributed by atoms with Gasteiger partial charge in [-0.2, -0.15) is 4.31 Å². The van der Waals surface area contributed by atoms with Gasteiger partial charge in [0, 0.05) is 36.5 Å². The van der Waals surface area contributed by atoms with E-state index in [0.29, 0.717) is 18.6 Å². The molecule has 4 aromatic rings. The number of hydrogen-bond acceptors (Lipinski definition) is 7. The lowest BCUT2D eigenvalue weighted by molar-refractivity contribution is 0.318. The Morgan fingerprint density at radius 3 is 2.53 bits per heavy atom. The van der Waals surface area contributed by atoms with E-state index in [-0.39, 0.29) is 10.8 Å². The van der Waals surface area contributed by atoms with E-state index < -0.39 is 10.0 Å². The number of aromatic nitrogens is 3. The van der Waals surface area contributed by atoms with Crippen LogP contribution in [0.15, 0.2) is 59.5 Å². The zero-order chi connectivity index (χ0) is 23.7. The molecular formula is C25H26N4O3S2. The highest BCUT2D eigenvalue weighted by Crippen LogP contribution is 2.34. The van der Waals surface area contributed by atoms with E-state index in [9.17, 15) is 8.42 Å². The average molecular weight is 495 g/mol. The van der Waals surface area contributed by atoms with Crippen molar-refractivity contribution in [2.45, 2.75) is 37.0 Å². The minimum absolute atomic E-state index is 0.224. The quantitative estimate of drug-likeness (QED) is 0.391. The van der Waals surface area contributed by atoms with E-state index in [1.165, 1.54) is 0 Å². The Morgan fingerprint density at radius 2 is 1.79 bits per heavy atom. The number of aryl methyl sites for hydroxylation is 1. The van der Waals surface area contributed by atoms with E-state index in [1.54, 1.807) is 34.9 Å². The van der Waals surface area contributed by atoms with Crippen molar-refractivity contribution in [1.29, 1.82) is 0 Å². The maximum atomic E-state index is 13.5. The second-order valence-electron chi connectivity index (χ2n) is 8.52. The number of hydrogen-bond donors (Lipinski definition) is 0. The second kappa shape index (κ2) is 9.40. The van der Waals surface area contributed by atoms with Crippen molar-refractivity contribution in [3.05, 3.63) is 75.9 Å². The van der Waals surface area contributed by atoms with Gasteiger partial charge in [-0.3, -0.25) is 4.98 Å². The van der Waals surface area contributed by atoms with Gasteiger partial charge in [0.25, 0.3) is 0 Å². The third-order valence-corrected chi connectivity index (χ3v) is 9.26. The van der Waals surface area contributed by atoms with Crippen molar-refractivity contribution >= 4 is 32.3 Å². The predicted molar refractivity (Wildman–Crippen MR) is 133 cm³/mol. The number of para-hydroxylation sites is 1. The Morgan fingerprint density at radius 1 is 1.03 bits per heavy atom. The fourth-order valence-corrected chi connectivity index (χ4v) is 7.00. The van der Waals surface area contributed by atoms with Crippen LogP contribution in [0.4, 0.5) is 0 Å². The highest BCUT2D eigenvalue weighted by Gasteiger charge is 2.32. The van der Waals surface area contributed by atoms with Gasteiger partial charge >= 0.3 is 0 Å². The molecule has 0 amide bonds. The van der Waals surface area contributed by atoms with E-state index in [0.717, 1.165) is 51.7 Å². The van der Waals surface area contributed by atoms with Gasteiger partial charge in [-0.1, -0.05) is 30.3 Å². The predicted octanol–water partition coefficient (Wildman–Crippen LogP) is 4.56. The van der Waals surface area contributed by atoms with Crippen LogP contribution in [0.3, 0.4) is 0 Å². The fraction of sp³-hybridized carbons (Fsp3) is 0.320. The number of methoxy groups -OCH3 is 1. The molecule has 34 heavy (non-hydrogen) atoms. The molecule has 0 bridgehead atoms. The first-order valence-electron chi connectivity index (χ1n) is 11.3. The average Bonchev–Trinajstić information content (AvgIpc) is 3.32. The third-order valence-electron chi connectivity index (χ3n) is 6.24. The molecular weight excluding hydrogens is 468 g/mol. The molecule has 3 heterocycles. The van der Waals surface area contributed by atoms with Crippen molar-refractivity contribution in [3.63, 3.8) is 0 Å². The molecule has 1 fully saturated rings. The number of benzene rings is 2.